The second kappa shape index (κ2) is 4.49. The lowest BCUT2D eigenvalue weighted by Gasteiger charge is -2.21. The minimum absolute atomic E-state index is 0.00509. The summed E-state index contributed by atoms with van der Waals surface area (Å²) in [6, 6.07) is 1.93. The molecule has 1 unspecified atom stereocenters. The third-order valence-corrected chi connectivity index (χ3v) is 2.40. The Kier molecular flexibility index (Phi) is 3.55. The van der Waals surface area contributed by atoms with Crippen molar-refractivity contribution >= 4 is 15.9 Å². The largest absolute Gasteiger partial charge is 0.381 e. The third-order valence-electron chi connectivity index (χ3n) is 1.99. The van der Waals surface area contributed by atoms with Gasteiger partial charge in [-0.15, -0.1) is 0 Å². The van der Waals surface area contributed by atoms with E-state index in [-0.39, 0.29) is 6.42 Å². The SMILES string of the molecule is CCC(O)(CC#N)c1ncc(Br)cn1. The highest BCUT2D eigenvalue weighted by atomic mass is 79.9. The van der Waals surface area contributed by atoms with Crippen LogP contribution >= 0.6 is 15.9 Å². The lowest BCUT2D eigenvalue weighted by Crippen LogP contribution is -2.26. The number of rotatable bonds is 3. The normalized spacial score (nSPS) is 14.4. The van der Waals surface area contributed by atoms with E-state index in [2.05, 4.69) is 25.9 Å². The molecule has 0 saturated heterocycles. The summed E-state index contributed by atoms with van der Waals surface area (Å²) in [7, 11) is 0. The summed E-state index contributed by atoms with van der Waals surface area (Å²) >= 11 is 3.20. The maximum Gasteiger partial charge on any atom is 0.161 e. The van der Waals surface area contributed by atoms with E-state index in [0.717, 1.165) is 4.47 Å². The Labute approximate surface area is 90.7 Å². The molecular weight excluding hydrogens is 246 g/mol. The molecule has 1 aromatic heterocycles. The summed E-state index contributed by atoms with van der Waals surface area (Å²) in [6.45, 7) is 1.79. The zero-order valence-corrected chi connectivity index (χ0v) is 9.32. The van der Waals surface area contributed by atoms with Crippen molar-refractivity contribution in [3.8, 4) is 6.07 Å². The molecule has 1 heterocycles. The number of nitrogens with zero attached hydrogens (tertiary/aromatic N) is 3. The quantitative estimate of drug-likeness (QED) is 0.894. The molecule has 0 aromatic carbocycles. The molecule has 0 spiro atoms. The molecule has 0 fully saturated rings. The molecule has 0 bridgehead atoms. The first-order valence-corrected chi connectivity index (χ1v) is 4.99. The average Bonchev–Trinajstić information content (AvgIpc) is 2.19. The van der Waals surface area contributed by atoms with Crippen molar-refractivity contribution in [2.75, 3.05) is 0 Å². The number of aromatic nitrogens is 2. The fourth-order valence-electron chi connectivity index (χ4n) is 1.05. The summed E-state index contributed by atoms with van der Waals surface area (Å²) in [4.78, 5) is 7.96. The van der Waals surface area contributed by atoms with E-state index in [4.69, 9.17) is 5.26 Å². The molecule has 1 N–H and O–H groups in total. The molecule has 0 aliphatic carbocycles. The zero-order chi connectivity index (χ0) is 10.6. The Bertz CT molecular complexity index is 346. The second-order valence-electron chi connectivity index (χ2n) is 2.94. The van der Waals surface area contributed by atoms with Gasteiger partial charge in [-0.05, 0) is 22.4 Å². The summed E-state index contributed by atoms with van der Waals surface area (Å²) < 4.78 is 0.747. The predicted molar refractivity (Wildman–Crippen MR) is 54.1 cm³/mol. The number of aliphatic hydroxyl groups is 1. The van der Waals surface area contributed by atoms with Gasteiger partial charge in [0.25, 0.3) is 0 Å². The Morgan fingerprint density at radius 1 is 1.57 bits per heavy atom. The van der Waals surface area contributed by atoms with Gasteiger partial charge in [0.2, 0.25) is 0 Å². The van der Waals surface area contributed by atoms with E-state index < -0.39 is 5.60 Å². The van der Waals surface area contributed by atoms with Gasteiger partial charge in [0, 0.05) is 12.4 Å². The van der Waals surface area contributed by atoms with Crippen molar-refractivity contribution in [2.45, 2.75) is 25.4 Å². The van der Waals surface area contributed by atoms with Crippen LogP contribution in [-0.4, -0.2) is 15.1 Å². The predicted octanol–water partition coefficient (Wildman–Crippen LogP) is 1.75. The monoisotopic (exact) mass is 255 g/mol. The molecule has 1 atom stereocenters. The van der Waals surface area contributed by atoms with E-state index >= 15 is 0 Å². The Hall–Kier alpha value is -0.990. The van der Waals surface area contributed by atoms with Crippen LogP contribution in [-0.2, 0) is 5.60 Å². The highest BCUT2D eigenvalue weighted by molar-refractivity contribution is 9.10. The van der Waals surface area contributed by atoms with Crippen LogP contribution in [0.25, 0.3) is 0 Å². The Balaban J connectivity index is 3.01. The molecular formula is C9H10BrN3O. The van der Waals surface area contributed by atoms with Gasteiger partial charge in [-0.3, -0.25) is 0 Å². The minimum Gasteiger partial charge on any atom is -0.381 e. The second-order valence-corrected chi connectivity index (χ2v) is 3.86. The van der Waals surface area contributed by atoms with E-state index in [1.54, 1.807) is 19.3 Å². The first kappa shape index (κ1) is 11.1. The van der Waals surface area contributed by atoms with Gasteiger partial charge in [0.05, 0.1) is 17.0 Å². The summed E-state index contributed by atoms with van der Waals surface area (Å²) in [5.74, 6) is 0.296. The van der Waals surface area contributed by atoms with Crippen LogP contribution in [0, 0.1) is 11.3 Å². The molecule has 0 aliphatic rings. The van der Waals surface area contributed by atoms with Gasteiger partial charge in [0.15, 0.2) is 5.82 Å². The highest BCUT2D eigenvalue weighted by Gasteiger charge is 2.29. The van der Waals surface area contributed by atoms with E-state index in [9.17, 15) is 5.11 Å². The van der Waals surface area contributed by atoms with Crippen LogP contribution in [0.5, 0.6) is 0 Å². The molecule has 0 amide bonds. The lowest BCUT2D eigenvalue weighted by atomic mass is 9.96. The van der Waals surface area contributed by atoms with Gasteiger partial charge < -0.3 is 5.11 Å². The van der Waals surface area contributed by atoms with Crippen molar-refractivity contribution in [3.63, 3.8) is 0 Å². The van der Waals surface area contributed by atoms with Crippen LogP contribution in [0.3, 0.4) is 0 Å². The van der Waals surface area contributed by atoms with Gasteiger partial charge in [-0.25, -0.2) is 9.97 Å². The topological polar surface area (TPSA) is 69.8 Å². The highest BCUT2D eigenvalue weighted by Crippen LogP contribution is 2.25. The average molecular weight is 256 g/mol. The third kappa shape index (κ3) is 2.28. The van der Waals surface area contributed by atoms with Crippen molar-refractivity contribution in [1.82, 2.24) is 9.97 Å². The number of halogens is 1. The summed E-state index contributed by atoms with van der Waals surface area (Å²) in [5.41, 5.74) is -1.23. The number of hydrogen-bond donors (Lipinski definition) is 1. The van der Waals surface area contributed by atoms with Gasteiger partial charge in [-0.2, -0.15) is 5.26 Å². The number of hydrogen-bond acceptors (Lipinski definition) is 4. The maximum atomic E-state index is 10.0. The van der Waals surface area contributed by atoms with Crippen molar-refractivity contribution in [3.05, 3.63) is 22.7 Å². The first-order valence-electron chi connectivity index (χ1n) is 4.19. The maximum absolute atomic E-state index is 10.0. The van der Waals surface area contributed by atoms with Crippen LogP contribution in [0.15, 0.2) is 16.9 Å². The van der Waals surface area contributed by atoms with E-state index in [1.807, 2.05) is 6.07 Å². The summed E-state index contributed by atoms with van der Waals surface area (Å²) in [6.07, 6.45) is 3.54. The molecule has 74 valence electrons. The standard InChI is InChI=1S/C9H10BrN3O/c1-2-9(14,3-4-11)8-12-5-7(10)6-13-8/h5-6,14H,2-3H2,1H3. The zero-order valence-electron chi connectivity index (χ0n) is 7.74. The smallest absolute Gasteiger partial charge is 0.161 e. The van der Waals surface area contributed by atoms with Crippen molar-refractivity contribution in [2.24, 2.45) is 0 Å². The fourth-order valence-corrected chi connectivity index (χ4v) is 1.25. The fraction of sp³-hybridized carbons (Fsp3) is 0.444. The van der Waals surface area contributed by atoms with Crippen LogP contribution < -0.4 is 0 Å². The lowest BCUT2D eigenvalue weighted by molar-refractivity contribution is 0.0280. The van der Waals surface area contributed by atoms with E-state index in [0.29, 0.717) is 12.2 Å². The molecule has 14 heavy (non-hydrogen) atoms. The van der Waals surface area contributed by atoms with Crippen LogP contribution in [0.1, 0.15) is 25.6 Å². The summed E-state index contributed by atoms with van der Waals surface area (Å²) in [5, 5.41) is 18.6. The molecule has 1 rings (SSSR count). The molecule has 0 saturated carbocycles. The Morgan fingerprint density at radius 3 is 2.57 bits per heavy atom. The van der Waals surface area contributed by atoms with Crippen molar-refractivity contribution < 1.29 is 5.11 Å². The minimum atomic E-state index is -1.23. The Morgan fingerprint density at radius 2 is 2.14 bits per heavy atom. The van der Waals surface area contributed by atoms with Gasteiger partial charge in [0.1, 0.15) is 5.60 Å². The van der Waals surface area contributed by atoms with Crippen LogP contribution in [0.4, 0.5) is 0 Å². The van der Waals surface area contributed by atoms with Crippen molar-refractivity contribution in [1.29, 1.82) is 5.26 Å². The molecule has 5 heteroatoms. The van der Waals surface area contributed by atoms with Gasteiger partial charge >= 0.3 is 0 Å². The molecule has 4 nitrogen and oxygen atoms in total. The molecule has 1 aromatic rings. The van der Waals surface area contributed by atoms with Gasteiger partial charge in [-0.1, -0.05) is 6.92 Å². The molecule has 0 aliphatic heterocycles. The van der Waals surface area contributed by atoms with Crippen LogP contribution in [0.2, 0.25) is 0 Å². The molecule has 0 radical (unpaired) electrons. The first-order chi connectivity index (χ1) is 6.62. The number of nitriles is 1. The van der Waals surface area contributed by atoms with E-state index in [1.165, 1.54) is 0 Å².